The number of aldehydes is 1. The van der Waals surface area contributed by atoms with Crippen molar-refractivity contribution in [2.45, 2.75) is 96.7 Å². The molecular formula is C32H46N4O9. The quantitative estimate of drug-likeness (QED) is 0.126. The van der Waals surface area contributed by atoms with Gasteiger partial charge in [0.2, 0.25) is 23.6 Å². The van der Waals surface area contributed by atoms with Gasteiger partial charge in [-0.25, -0.2) is 0 Å². The number of likely N-dealkylation sites (tertiary alicyclic amines) is 1. The molecule has 1 aromatic carbocycles. The molecule has 13 nitrogen and oxygen atoms in total. The minimum atomic E-state index is -1.18. The first-order valence-corrected chi connectivity index (χ1v) is 14.9. The normalized spacial score (nSPS) is 18.3. The molecule has 1 saturated heterocycles. The monoisotopic (exact) mass is 630 g/mol. The smallest absolute Gasteiger partial charge is 0.308 e. The van der Waals surface area contributed by atoms with Crippen molar-refractivity contribution in [1.82, 2.24) is 20.9 Å². The number of ether oxygens (including phenoxy) is 2. The molecule has 0 bridgehead atoms. The molecule has 1 aromatic rings. The number of hydrogen-bond donors (Lipinski definition) is 4. The summed E-state index contributed by atoms with van der Waals surface area (Å²) in [5.74, 6) is -3.31. The van der Waals surface area contributed by atoms with Gasteiger partial charge in [0.15, 0.2) is 0 Å². The molecule has 0 aromatic heterocycles. The molecule has 1 aliphatic rings. The van der Waals surface area contributed by atoms with Crippen LogP contribution in [0.1, 0.15) is 59.9 Å². The van der Waals surface area contributed by atoms with E-state index in [0.717, 1.165) is 0 Å². The average Bonchev–Trinajstić information content (AvgIpc) is 3.37. The van der Waals surface area contributed by atoms with Crippen molar-refractivity contribution < 1.29 is 43.3 Å². The number of hydrogen-bond acceptors (Lipinski definition) is 9. The Kier molecular flexibility index (Phi) is 13.7. The van der Waals surface area contributed by atoms with Crippen molar-refractivity contribution in [2.24, 2.45) is 5.92 Å². The van der Waals surface area contributed by atoms with Crippen LogP contribution in [0.5, 0.6) is 5.75 Å². The minimum Gasteiger partial charge on any atom is -0.508 e. The second-order valence-electron chi connectivity index (χ2n) is 12.4. The lowest BCUT2D eigenvalue weighted by Crippen LogP contribution is -2.59. The Labute approximate surface area is 264 Å². The molecule has 13 heteroatoms. The van der Waals surface area contributed by atoms with E-state index in [0.29, 0.717) is 11.8 Å². The van der Waals surface area contributed by atoms with Crippen molar-refractivity contribution >= 4 is 35.9 Å². The Balaban J connectivity index is 2.27. The summed E-state index contributed by atoms with van der Waals surface area (Å²) in [6.07, 6.45) is 1.26. The molecule has 45 heavy (non-hydrogen) atoms. The number of nitrogens with one attached hydrogen (secondary N) is 3. The molecule has 1 unspecified atom stereocenters. The van der Waals surface area contributed by atoms with Crippen LogP contribution in [-0.4, -0.2) is 94.9 Å². The number of amides is 4. The van der Waals surface area contributed by atoms with Crippen LogP contribution in [0.4, 0.5) is 0 Å². The number of esters is 1. The topological polar surface area (TPSA) is 180 Å². The summed E-state index contributed by atoms with van der Waals surface area (Å²) < 4.78 is 11.0. The fourth-order valence-corrected chi connectivity index (χ4v) is 4.86. The lowest BCUT2D eigenvalue weighted by molar-refractivity contribution is -0.156. The first-order valence-electron chi connectivity index (χ1n) is 14.9. The summed E-state index contributed by atoms with van der Waals surface area (Å²) in [6.45, 7) is 13.6. The van der Waals surface area contributed by atoms with Gasteiger partial charge in [0, 0.05) is 26.3 Å². The third kappa shape index (κ3) is 12.0. The molecule has 0 spiro atoms. The third-order valence-electron chi connectivity index (χ3n) is 6.90. The van der Waals surface area contributed by atoms with Gasteiger partial charge in [-0.2, -0.15) is 0 Å². The highest BCUT2D eigenvalue weighted by atomic mass is 16.6. The van der Waals surface area contributed by atoms with E-state index in [-0.39, 0.29) is 38.2 Å². The maximum atomic E-state index is 14.0. The van der Waals surface area contributed by atoms with Gasteiger partial charge in [-0.05, 0) is 44.4 Å². The molecule has 0 aliphatic carbocycles. The molecule has 4 N–H and O–H groups in total. The van der Waals surface area contributed by atoms with Crippen LogP contribution >= 0.6 is 0 Å². The van der Waals surface area contributed by atoms with Crippen molar-refractivity contribution in [3.63, 3.8) is 0 Å². The lowest BCUT2D eigenvalue weighted by Gasteiger charge is -2.31. The summed E-state index contributed by atoms with van der Waals surface area (Å²) in [7, 11) is 0. The molecule has 1 aliphatic heterocycles. The third-order valence-corrected chi connectivity index (χ3v) is 6.90. The number of benzene rings is 1. The van der Waals surface area contributed by atoms with Crippen LogP contribution in [0, 0.1) is 5.92 Å². The molecular weight excluding hydrogens is 584 g/mol. The minimum absolute atomic E-state index is 0.0320. The average molecular weight is 631 g/mol. The first kappa shape index (κ1) is 36.9. The molecule has 5 atom stereocenters. The number of phenols is 1. The Morgan fingerprint density at radius 1 is 1.09 bits per heavy atom. The van der Waals surface area contributed by atoms with Crippen molar-refractivity contribution in [1.29, 1.82) is 0 Å². The summed E-state index contributed by atoms with van der Waals surface area (Å²) in [4.78, 5) is 78.1. The van der Waals surface area contributed by atoms with E-state index >= 15 is 0 Å². The van der Waals surface area contributed by atoms with E-state index in [1.165, 1.54) is 30.0 Å². The van der Waals surface area contributed by atoms with Crippen molar-refractivity contribution in [2.75, 3.05) is 13.2 Å². The Hall–Kier alpha value is -4.26. The molecule has 1 fully saturated rings. The van der Waals surface area contributed by atoms with Crippen molar-refractivity contribution in [3.8, 4) is 5.75 Å². The van der Waals surface area contributed by atoms with Crippen LogP contribution in [0.25, 0.3) is 0 Å². The van der Waals surface area contributed by atoms with Gasteiger partial charge in [-0.15, -0.1) is 6.58 Å². The molecule has 0 radical (unpaired) electrons. The Bertz CT molecular complexity index is 1230. The fraction of sp³-hybridized carbons (Fsp3) is 0.562. The second-order valence-corrected chi connectivity index (χ2v) is 12.4. The van der Waals surface area contributed by atoms with Crippen LogP contribution in [0.2, 0.25) is 0 Å². The molecule has 1 heterocycles. The lowest BCUT2D eigenvalue weighted by atomic mass is 10.00. The van der Waals surface area contributed by atoms with Gasteiger partial charge in [-0.3, -0.25) is 24.0 Å². The van der Waals surface area contributed by atoms with Crippen molar-refractivity contribution in [3.05, 3.63) is 42.5 Å². The van der Waals surface area contributed by atoms with Gasteiger partial charge >= 0.3 is 5.97 Å². The van der Waals surface area contributed by atoms with Gasteiger partial charge in [0.25, 0.3) is 0 Å². The summed E-state index contributed by atoms with van der Waals surface area (Å²) in [5, 5.41) is 17.5. The van der Waals surface area contributed by atoms with Crippen LogP contribution in [0.15, 0.2) is 36.9 Å². The van der Waals surface area contributed by atoms with E-state index in [2.05, 4.69) is 22.5 Å². The standard InChI is InChI=1S/C32H46N4O9/c1-8-13-44-24-16-26(30(42)34-22(18-37)15-27(40)45-32(5,6)7)36(17-24)31(43)28(19(2)3)35-29(41)25(33-20(4)38)14-21-9-11-23(39)12-10-21/h8-12,18-19,22,24-26,28,39H,1,13-17H2,2-7H3,(H,33,38)(H,34,42)(H,35,41)/t22-,24+,25-,26?,28-/m0/s1. The van der Waals surface area contributed by atoms with E-state index in [1.54, 1.807) is 46.8 Å². The maximum absolute atomic E-state index is 14.0. The van der Waals surface area contributed by atoms with E-state index in [9.17, 15) is 33.9 Å². The first-order chi connectivity index (χ1) is 21.0. The zero-order valence-electron chi connectivity index (χ0n) is 26.8. The Morgan fingerprint density at radius 2 is 1.73 bits per heavy atom. The van der Waals surface area contributed by atoms with Gasteiger partial charge in [-0.1, -0.05) is 32.1 Å². The fourth-order valence-electron chi connectivity index (χ4n) is 4.86. The largest absolute Gasteiger partial charge is 0.508 e. The maximum Gasteiger partial charge on any atom is 0.308 e. The summed E-state index contributed by atoms with van der Waals surface area (Å²) in [6, 6.07) is 1.82. The molecule has 2 rings (SSSR count). The number of aromatic hydroxyl groups is 1. The molecule has 0 saturated carbocycles. The Morgan fingerprint density at radius 3 is 2.27 bits per heavy atom. The highest BCUT2D eigenvalue weighted by molar-refractivity contribution is 5.95. The van der Waals surface area contributed by atoms with Gasteiger partial charge < -0.3 is 40.2 Å². The summed E-state index contributed by atoms with van der Waals surface area (Å²) >= 11 is 0. The van der Waals surface area contributed by atoms with Crippen LogP contribution in [0.3, 0.4) is 0 Å². The predicted molar refractivity (Wildman–Crippen MR) is 165 cm³/mol. The second kappa shape index (κ2) is 16.7. The SMILES string of the molecule is C=CCO[C@@H]1CC(C(=O)N[C@H](C=O)CC(=O)OC(C)(C)C)N(C(=O)[C@@H](NC(=O)[C@H](Cc2ccc(O)cc2)NC(C)=O)C(C)C)C1. The zero-order chi connectivity index (χ0) is 33.9. The highest BCUT2D eigenvalue weighted by Gasteiger charge is 2.44. The molecule has 248 valence electrons. The van der Waals surface area contributed by atoms with E-state index in [4.69, 9.17) is 9.47 Å². The molecule has 4 amide bonds. The zero-order valence-corrected chi connectivity index (χ0v) is 26.8. The van der Waals surface area contributed by atoms with E-state index in [1.807, 2.05) is 0 Å². The number of nitrogens with zero attached hydrogens (tertiary/aromatic N) is 1. The van der Waals surface area contributed by atoms with Gasteiger partial charge in [0.05, 0.1) is 25.2 Å². The highest BCUT2D eigenvalue weighted by Crippen LogP contribution is 2.24. The van der Waals surface area contributed by atoms with Crippen LogP contribution in [-0.2, 0) is 44.7 Å². The number of rotatable bonds is 15. The van der Waals surface area contributed by atoms with E-state index < -0.39 is 71.4 Å². The van der Waals surface area contributed by atoms with Crippen LogP contribution < -0.4 is 16.0 Å². The number of carbonyl (C=O) groups excluding carboxylic acids is 6. The number of carbonyl (C=O) groups is 6. The number of phenolic OH excluding ortho intramolecular Hbond substituents is 1. The van der Waals surface area contributed by atoms with Gasteiger partial charge in [0.1, 0.15) is 35.8 Å². The summed E-state index contributed by atoms with van der Waals surface area (Å²) in [5.41, 5.74) is -0.109. The predicted octanol–water partition coefficient (Wildman–Crippen LogP) is 1.17.